The third-order valence-electron chi connectivity index (χ3n) is 3.98. The van der Waals surface area contributed by atoms with Crippen LogP contribution in [0.5, 0.6) is 0 Å². The second-order valence-corrected chi connectivity index (χ2v) is 6.89. The Balaban J connectivity index is 1.55. The Morgan fingerprint density at radius 1 is 1.19 bits per heavy atom. The lowest BCUT2D eigenvalue weighted by Gasteiger charge is -2.10. The van der Waals surface area contributed by atoms with E-state index >= 15 is 0 Å². The molecule has 7 heteroatoms. The first-order chi connectivity index (χ1) is 12.6. The van der Waals surface area contributed by atoms with Gasteiger partial charge in [0.2, 0.25) is 0 Å². The zero-order valence-corrected chi connectivity index (χ0v) is 15.1. The molecule has 0 aliphatic carbocycles. The fourth-order valence-electron chi connectivity index (χ4n) is 2.66. The minimum absolute atomic E-state index is 0.185. The van der Waals surface area contributed by atoms with E-state index in [-0.39, 0.29) is 11.9 Å². The molecule has 1 atom stereocenters. The number of nitrogens with zero attached hydrogens (tertiary/aromatic N) is 3. The number of carbonyl (C=O) groups excluding carboxylic acids is 1. The van der Waals surface area contributed by atoms with Crippen molar-refractivity contribution in [1.29, 1.82) is 0 Å². The zero-order chi connectivity index (χ0) is 18.1. The quantitative estimate of drug-likeness (QED) is 0.588. The number of nitrogens with one attached hydrogen (secondary N) is 1. The second kappa shape index (κ2) is 6.68. The highest BCUT2D eigenvalue weighted by atomic mass is 32.1. The van der Waals surface area contributed by atoms with Gasteiger partial charge in [0.15, 0.2) is 10.8 Å². The Bertz CT molecular complexity index is 1040. The molecule has 3 aromatic heterocycles. The largest absolute Gasteiger partial charge is 0.459 e. The zero-order valence-electron chi connectivity index (χ0n) is 14.3. The van der Waals surface area contributed by atoms with Crippen molar-refractivity contribution in [2.75, 3.05) is 0 Å². The van der Waals surface area contributed by atoms with E-state index in [0.29, 0.717) is 27.2 Å². The maximum absolute atomic E-state index is 12.7. The van der Waals surface area contributed by atoms with Crippen molar-refractivity contribution in [3.05, 3.63) is 65.1 Å². The molecule has 1 aromatic carbocycles. The molecule has 1 N–H and O–H groups in total. The topological polar surface area (TPSA) is 80.9 Å². The Morgan fingerprint density at radius 2 is 1.96 bits per heavy atom. The van der Waals surface area contributed by atoms with Crippen LogP contribution in [0, 0.1) is 6.92 Å². The SMILES string of the molecule is Cc1nc(-c2ncccn2)sc1C(=O)NC(C)c1cc2ccccc2o1. The highest BCUT2D eigenvalue weighted by molar-refractivity contribution is 7.17. The summed E-state index contributed by atoms with van der Waals surface area (Å²) in [6, 6.07) is 11.2. The molecule has 0 aliphatic rings. The van der Waals surface area contributed by atoms with Crippen LogP contribution in [0.1, 0.15) is 34.1 Å². The van der Waals surface area contributed by atoms with Gasteiger partial charge in [0.25, 0.3) is 5.91 Å². The van der Waals surface area contributed by atoms with Gasteiger partial charge in [0, 0.05) is 17.8 Å². The number of fused-ring (bicyclic) bond motifs is 1. The van der Waals surface area contributed by atoms with Gasteiger partial charge in [0.1, 0.15) is 16.2 Å². The van der Waals surface area contributed by atoms with Gasteiger partial charge in [-0.15, -0.1) is 11.3 Å². The molecule has 0 radical (unpaired) electrons. The monoisotopic (exact) mass is 364 g/mol. The summed E-state index contributed by atoms with van der Waals surface area (Å²) in [7, 11) is 0. The van der Waals surface area contributed by atoms with Crippen LogP contribution in [0.4, 0.5) is 0 Å². The molecule has 26 heavy (non-hydrogen) atoms. The fraction of sp³-hybridized carbons (Fsp3) is 0.158. The Morgan fingerprint density at radius 3 is 2.73 bits per heavy atom. The van der Waals surface area contributed by atoms with Gasteiger partial charge >= 0.3 is 0 Å². The number of thiazole rings is 1. The molecule has 0 saturated carbocycles. The van der Waals surface area contributed by atoms with Crippen molar-refractivity contribution in [1.82, 2.24) is 20.3 Å². The Hall–Kier alpha value is -3.06. The number of hydrogen-bond donors (Lipinski definition) is 1. The van der Waals surface area contributed by atoms with E-state index in [1.807, 2.05) is 44.2 Å². The molecule has 1 amide bonds. The first-order valence-corrected chi connectivity index (χ1v) is 8.97. The summed E-state index contributed by atoms with van der Waals surface area (Å²) in [5.41, 5.74) is 1.47. The maximum atomic E-state index is 12.7. The number of hydrogen-bond acceptors (Lipinski definition) is 6. The van der Waals surface area contributed by atoms with E-state index in [4.69, 9.17) is 4.42 Å². The number of aryl methyl sites for hydroxylation is 1. The fourth-order valence-corrected chi connectivity index (χ4v) is 3.58. The normalized spacial score (nSPS) is 12.2. The lowest BCUT2D eigenvalue weighted by Crippen LogP contribution is -2.26. The van der Waals surface area contributed by atoms with Crippen LogP contribution in [0.15, 0.2) is 53.2 Å². The standard InChI is InChI=1S/C19H16N4O2S/c1-11(15-10-13-6-3-4-7-14(13)25-15)22-18(24)16-12(2)23-19(26-16)17-20-8-5-9-21-17/h3-11H,1-2H3,(H,22,24). The number of carbonyl (C=O) groups is 1. The van der Waals surface area contributed by atoms with E-state index in [2.05, 4.69) is 20.3 Å². The summed E-state index contributed by atoms with van der Waals surface area (Å²) in [5, 5.41) is 4.62. The predicted octanol–water partition coefficient (Wildman–Crippen LogP) is 4.15. The van der Waals surface area contributed by atoms with Crippen LogP contribution in [0.25, 0.3) is 21.8 Å². The van der Waals surface area contributed by atoms with Gasteiger partial charge in [-0.05, 0) is 32.0 Å². The maximum Gasteiger partial charge on any atom is 0.263 e. The van der Waals surface area contributed by atoms with Gasteiger partial charge in [-0.2, -0.15) is 0 Å². The van der Waals surface area contributed by atoms with Crippen molar-refractivity contribution in [3.63, 3.8) is 0 Å². The van der Waals surface area contributed by atoms with Crippen molar-refractivity contribution in [2.45, 2.75) is 19.9 Å². The van der Waals surface area contributed by atoms with E-state index in [1.54, 1.807) is 18.5 Å². The van der Waals surface area contributed by atoms with Gasteiger partial charge in [-0.1, -0.05) is 18.2 Å². The van der Waals surface area contributed by atoms with Gasteiger partial charge in [-0.25, -0.2) is 15.0 Å². The molecule has 0 aliphatic heterocycles. The molecule has 1 unspecified atom stereocenters. The van der Waals surface area contributed by atoms with Crippen molar-refractivity contribution in [2.24, 2.45) is 0 Å². The average Bonchev–Trinajstić information content (AvgIpc) is 3.26. The third kappa shape index (κ3) is 3.09. The van der Waals surface area contributed by atoms with Crippen LogP contribution >= 0.6 is 11.3 Å². The molecular formula is C19H16N4O2S. The van der Waals surface area contributed by atoms with Gasteiger partial charge in [-0.3, -0.25) is 4.79 Å². The molecule has 4 aromatic rings. The third-order valence-corrected chi connectivity index (χ3v) is 5.13. The number of aromatic nitrogens is 3. The van der Waals surface area contributed by atoms with Crippen LogP contribution < -0.4 is 5.32 Å². The molecule has 4 rings (SSSR count). The summed E-state index contributed by atoms with van der Waals surface area (Å²) in [6.45, 7) is 3.71. The predicted molar refractivity (Wildman–Crippen MR) is 100.0 cm³/mol. The molecule has 0 saturated heterocycles. The molecule has 0 bridgehead atoms. The highest BCUT2D eigenvalue weighted by Gasteiger charge is 2.20. The summed E-state index contributed by atoms with van der Waals surface area (Å²) < 4.78 is 5.82. The van der Waals surface area contributed by atoms with Gasteiger partial charge < -0.3 is 9.73 Å². The van der Waals surface area contributed by atoms with E-state index in [0.717, 1.165) is 11.0 Å². The number of furan rings is 1. The van der Waals surface area contributed by atoms with Crippen LogP contribution in [-0.2, 0) is 0 Å². The molecular weight excluding hydrogens is 348 g/mol. The first-order valence-electron chi connectivity index (χ1n) is 8.16. The smallest absolute Gasteiger partial charge is 0.263 e. The van der Waals surface area contributed by atoms with Crippen LogP contribution in [-0.4, -0.2) is 20.9 Å². The molecule has 6 nitrogen and oxygen atoms in total. The Kier molecular flexibility index (Phi) is 4.22. The van der Waals surface area contributed by atoms with Crippen molar-refractivity contribution in [3.8, 4) is 10.8 Å². The minimum atomic E-state index is -0.257. The lowest BCUT2D eigenvalue weighted by atomic mass is 10.2. The summed E-state index contributed by atoms with van der Waals surface area (Å²) >= 11 is 1.28. The van der Waals surface area contributed by atoms with Crippen molar-refractivity contribution < 1.29 is 9.21 Å². The molecule has 130 valence electrons. The van der Waals surface area contributed by atoms with Crippen LogP contribution in [0.3, 0.4) is 0 Å². The van der Waals surface area contributed by atoms with E-state index in [9.17, 15) is 4.79 Å². The molecule has 3 heterocycles. The first kappa shape index (κ1) is 16.4. The lowest BCUT2D eigenvalue weighted by molar-refractivity contribution is 0.0939. The second-order valence-electron chi connectivity index (χ2n) is 5.89. The average molecular weight is 364 g/mol. The number of para-hydroxylation sites is 1. The highest BCUT2D eigenvalue weighted by Crippen LogP contribution is 2.27. The molecule has 0 spiro atoms. The summed E-state index contributed by atoms with van der Waals surface area (Å²) in [5.74, 6) is 1.05. The number of amides is 1. The summed E-state index contributed by atoms with van der Waals surface area (Å²) in [6.07, 6.45) is 3.31. The Labute approximate surface area is 153 Å². The number of rotatable bonds is 4. The van der Waals surface area contributed by atoms with E-state index < -0.39 is 0 Å². The van der Waals surface area contributed by atoms with E-state index in [1.165, 1.54) is 11.3 Å². The molecule has 0 fully saturated rings. The minimum Gasteiger partial charge on any atom is -0.459 e. The summed E-state index contributed by atoms with van der Waals surface area (Å²) in [4.78, 5) is 26.0. The van der Waals surface area contributed by atoms with Crippen LogP contribution in [0.2, 0.25) is 0 Å². The van der Waals surface area contributed by atoms with Gasteiger partial charge in [0.05, 0.1) is 11.7 Å². The van der Waals surface area contributed by atoms with Crippen molar-refractivity contribution >= 4 is 28.2 Å². The number of benzene rings is 1.